The van der Waals surface area contributed by atoms with Gasteiger partial charge in [-0.25, -0.2) is 9.79 Å². The summed E-state index contributed by atoms with van der Waals surface area (Å²) >= 11 is 0. The number of carbonyl (C=O) groups is 1. The van der Waals surface area contributed by atoms with Crippen LogP contribution >= 0.6 is 0 Å². The molecule has 0 radical (unpaired) electrons. The number of ether oxygens (including phenoxy) is 1. The maximum atomic E-state index is 12.0. The van der Waals surface area contributed by atoms with Gasteiger partial charge < -0.3 is 15.8 Å². The molecule has 0 aromatic heterocycles. The van der Waals surface area contributed by atoms with Gasteiger partial charge in [0, 0.05) is 17.0 Å². The van der Waals surface area contributed by atoms with Gasteiger partial charge in [0.25, 0.3) is 0 Å². The highest BCUT2D eigenvalue weighted by Crippen LogP contribution is 2.22. The zero-order chi connectivity index (χ0) is 17.5. The van der Waals surface area contributed by atoms with Gasteiger partial charge in [0.1, 0.15) is 0 Å². The van der Waals surface area contributed by atoms with Gasteiger partial charge in [0.05, 0.1) is 12.9 Å². The molecule has 5 heteroatoms. The second-order valence-corrected chi connectivity index (χ2v) is 5.14. The molecule has 0 aliphatic carbocycles. The summed E-state index contributed by atoms with van der Waals surface area (Å²) in [5, 5.41) is 5.46. The molecule has 5 nitrogen and oxygen atoms in total. The van der Waals surface area contributed by atoms with E-state index in [2.05, 4.69) is 16.9 Å². The van der Waals surface area contributed by atoms with Gasteiger partial charge >= 0.3 is 5.97 Å². The second kappa shape index (κ2) is 7.97. The summed E-state index contributed by atoms with van der Waals surface area (Å²) in [7, 11) is 0. The van der Waals surface area contributed by atoms with Crippen LogP contribution in [0.3, 0.4) is 0 Å². The molecule has 2 aromatic carbocycles. The quantitative estimate of drug-likeness (QED) is 0.280. The molecule has 0 bridgehead atoms. The summed E-state index contributed by atoms with van der Waals surface area (Å²) in [6.07, 6.45) is 1.07. The smallest absolute Gasteiger partial charge is 0.357 e. The van der Waals surface area contributed by atoms with Crippen LogP contribution in [-0.4, -0.2) is 18.9 Å². The van der Waals surface area contributed by atoms with Crippen LogP contribution in [-0.2, 0) is 9.53 Å². The highest BCUT2D eigenvalue weighted by atomic mass is 16.5. The number of hydrogen-bond acceptors (Lipinski definition) is 4. The summed E-state index contributed by atoms with van der Waals surface area (Å²) in [6.45, 7) is 7.73. The Labute approximate surface area is 141 Å². The monoisotopic (exact) mass is 323 g/mol. The van der Waals surface area contributed by atoms with Crippen molar-refractivity contribution in [1.82, 2.24) is 0 Å². The van der Waals surface area contributed by atoms with Crippen molar-refractivity contribution in [3.8, 4) is 0 Å². The second-order valence-electron chi connectivity index (χ2n) is 5.14. The van der Waals surface area contributed by atoms with E-state index >= 15 is 0 Å². The Balaban J connectivity index is 2.27. The molecular weight excluding hydrogens is 302 g/mol. The molecule has 24 heavy (non-hydrogen) atoms. The number of hydrogen-bond donors (Lipinski definition) is 2. The van der Waals surface area contributed by atoms with Crippen LogP contribution in [0.4, 0.5) is 5.69 Å². The van der Waals surface area contributed by atoms with Crippen molar-refractivity contribution in [2.24, 2.45) is 10.7 Å². The molecule has 0 atom stereocenters. The lowest BCUT2D eigenvalue weighted by atomic mass is 10.1. The van der Waals surface area contributed by atoms with Crippen LogP contribution < -0.4 is 11.1 Å². The minimum atomic E-state index is -0.529. The predicted octanol–water partition coefficient (Wildman–Crippen LogP) is 3.59. The summed E-state index contributed by atoms with van der Waals surface area (Å²) in [4.78, 5) is 15.9. The lowest BCUT2D eigenvalue weighted by molar-refractivity contribution is -0.138. The van der Waals surface area contributed by atoms with Crippen molar-refractivity contribution >= 4 is 28.8 Å². The third kappa shape index (κ3) is 4.01. The van der Waals surface area contributed by atoms with Gasteiger partial charge in [-0.2, -0.15) is 0 Å². The Kier molecular flexibility index (Phi) is 5.73. The Morgan fingerprint density at radius 2 is 2.00 bits per heavy atom. The maximum Gasteiger partial charge on any atom is 0.357 e. The van der Waals surface area contributed by atoms with E-state index in [0.717, 1.165) is 22.8 Å². The number of nitrogens with one attached hydrogen (secondary N) is 1. The SMILES string of the molecule is C=C(Nc1ccc2ccccc2c1)/C(C)=C(\N=CN)C(=O)OCC. The van der Waals surface area contributed by atoms with Crippen LogP contribution in [0.5, 0.6) is 0 Å². The molecule has 0 saturated heterocycles. The van der Waals surface area contributed by atoms with E-state index in [1.54, 1.807) is 13.8 Å². The molecule has 0 fully saturated rings. The molecular formula is C19H21N3O2. The lowest BCUT2D eigenvalue weighted by Crippen LogP contribution is -2.12. The van der Waals surface area contributed by atoms with Crippen molar-refractivity contribution in [1.29, 1.82) is 0 Å². The average Bonchev–Trinajstić information content (AvgIpc) is 2.59. The van der Waals surface area contributed by atoms with Gasteiger partial charge in [0.2, 0.25) is 0 Å². The summed E-state index contributed by atoms with van der Waals surface area (Å²) < 4.78 is 5.00. The Hall–Kier alpha value is -3.08. The number of esters is 1. The van der Waals surface area contributed by atoms with Gasteiger partial charge in [-0.15, -0.1) is 0 Å². The number of carbonyl (C=O) groups excluding carboxylic acids is 1. The molecule has 0 aliphatic heterocycles. The maximum absolute atomic E-state index is 12.0. The topological polar surface area (TPSA) is 76.7 Å². The van der Waals surface area contributed by atoms with Gasteiger partial charge in [-0.05, 0) is 36.8 Å². The fourth-order valence-electron chi connectivity index (χ4n) is 2.25. The number of nitrogens with two attached hydrogens (primary N) is 1. The first-order chi connectivity index (χ1) is 11.6. The first-order valence-corrected chi connectivity index (χ1v) is 7.64. The van der Waals surface area contributed by atoms with Crippen molar-refractivity contribution in [3.05, 3.63) is 66.0 Å². The van der Waals surface area contributed by atoms with Crippen molar-refractivity contribution < 1.29 is 9.53 Å². The molecule has 2 aromatic rings. The third-order valence-corrected chi connectivity index (χ3v) is 3.52. The molecule has 124 valence electrons. The van der Waals surface area contributed by atoms with Crippen LogP contribution in [0.1, 0.15) is 13.8 Å². The Bertz CT molecular complexity index is 822. The molecule has 3 N–H and O–H groups in total. The zero-order valence-electron chi connectivity index (χ0n) is 13.9. The first kappa shape index (κ1) is 17.3. The molecule has 0 saturated carbocycles. The van der Waals surface area contributed by atoms with Crippen molar-refractivity contribution in [2.45, 2.75) is 13.8 Å². The molecule has 0 spiro atoms. The van der Waals surface area contributed by atoms with E-state index in [1.807, 2.05) is 42.5 Å². The fourth-order valence-corrected chi connectivity index (χ4v) is 2.25. The number of anilines is 1. The third-order valence-electron chi connectivity index (χ3n) is 3.52. The van der Waals surface area contributed by atoms with E-state index in [1.165, 1.54) is 0 Å². The molecule has 0 aliphatic rings. The van der Waals surface area contributed by atoms with Gasteiger partial charge in [-0.3, -0.25) is 0 Å². The van der Waals surface area contributed by atoms with E-state index in [0.29, 0.717) is 11.3 Å². The summed E-state index contributed by atoms with van der Waals surface area (Å²) in [5.74, 6) is -0.529. The average molecular weight is 323 g/mol. The molecule has 0 heterocycles. The number of benzene rings is 2. The zero-order valence-corrected chi connectivity index (χ0v) is 13.9. The van der Waals surface area contributed by atoms with Crippen molar-refractivity contribution in [2.75, 3.05) is 11.9 Å². The van der Waals surface area contributed by atoms with Crippen LogP contribution in [0.25, 0.3) is 10.8 Å². The molecule has 0 amide bonds. The Morgan fingerprint density at radius 3 is 2.67 bits per heavy atom. The highest BCUT2D eigenvalue weighted by molar-refractivity contribution is 5.92. The fraction of sp³-hybridized carbons (Fsp3) is 0.158. The Morgan fingerprint density at radius 1 is 1.29 bits per heavy atom. The summed E-state index contributed by atoms with van der Waals surface area (Å²) in [6, 6.07) is 14.1. The molecule has 0 unspecified atom stereocenters. The van der Waals surface area contributed by atoms with E-state index < -0.39 is 5.97 Å². The standard InChI is InChI=1S/C19H21N3O2/c1-4-24-19(23)18(21-12-20)13(2)14(3)22-17-10-9-15-7-5-6-8-16(15)11-17/h5-12,22H,3-4H2,1-2H3,(H2,20,21)/b18-13-. The highest BCUT2D eigenvalue weighted by Gasteiger charge is 2.15. The van der Waals surface area contributed by atoms with Crippen LogP contribution in [0, 0.1) is 0 Å². The number of fused-ring (bicyclic) bond motifs is 1. The van der Waals surface area contributed by atoms with E-state index in [-0.39, 0.29) is 12.3 Å². The number of nitrogens with zero attached hydrogens (tertiary/aromatic N) is 1. The number of rotatable bonds is 6. The van der Waals surface area contributed by atoms with E-state index in [4.69, 9.17) is 10.5 Å². The van der Waals surface area contributed by atoms with E-state index in [9.17, 15) is 4.79 Å². The number of aliphatic imine (C=N–C) groups is 1. The lowest BCUT2D eigenvalue weighted by Gasteiger charge is -2.13. The van der Waals surface area contributed by atoms with Crippen LogP contribution in [0.2, 0.25) is 0 Å². The molecule has 2 rings (SSSR count). The summed E-state index contributed by atoms with van der Waals surface area (Å²) in [5.41, 5.74) is 7.47. The predicted molar refractivity (Wildman–Crippen MR) is 98.7 cm³/mol. The van der Waals surface area contributed by atoms with Crippen molar-refractivity contribution in [3.63, 3.8) is 0 Å². The largest absolute Gasteiger partial charge is 0.461 e. The normalized spacial score (nSPS) is 12.1. The van der Waals surface area contributed by atoms with Crippen LogP contribution in [0.15, 0.2) is 71.0 Å². The minimum Gasteiger partial charge on any atom is -0.461 e. The first-order valence-electron chi connectivity index (χ1n) is 7.64. The van der Waals surface area contributed by atoms with Gasteiger partial charge in [0.15, 0.2) is 5.70 Å². The van der Waals surface area contributed by atoms with Gasteiger partial charge in [-0.1, -0.05) is 36.9 Å². The number of allylic oxidation sites excluding steroid dienone is 1. The minimum absolute atomic E-state index is 0.137.